The highest BCUT2D eigenvalue weighted by Crippen LogP contribution is 2.34. The lowest BCUT2D eigenvalue weighted by Gasteiger charge is -2.47. The first-order chi connectivity index (χ1) is 27.5. The zero-order valence-corrected chi connectivity index (χ0v) is 35.7. The standard InChI is InChI=1S/C43H68N2O13/c1-10-36(49)57-35-25-37(50)54-27(3)24-33(48)32(45(8)21-14-17-30-15-12-11-13-16-30)18-19-34(56-29(5)47)26(2)23-31(20-22-46)41(42(35)53-9)58-43-40(52)38(44(6)7)39(51)28(4)55-43/h11-13,15-16,18-19,22,26-28,31-35,38-43,48,51-52H,10,14,17,20-21,23-25H2,1-9H3/b19-18+/t26-,27-,28-,31+,32-,33+,34+,35-,38+,39-,40-,41+,42+,43+/m1/s1. The van der Waals surface area contributed by atoms with Gasteiger partial charge in [0.1, 0.15) is 36.8 Å². The molecule has 3 N–H and O–H groups in total. The lowest BCUT2D eigenvalue weighted by molar-refractivity contribution is -0.310. The monoisotopic (exact) mass is 820 g/mol. The lowest BCUT2D eigenvalue weighted by atomic mass is 9.82. The first-order valence-electron chi connectivity index (χ1n) is 20.5. The van der Waals surface area contributed by atoms with E-state index in [4.69, 9.17) is 28.4 Å². The molecule has 1 aromatic carbocycles. The second-order valence-electron chi connectivity index (χ2n) is 16.0. The Morgan fingerprint density at radius 3 is 2.26 bits per heavy atom. The number of esters is 3. The Morgan fingerprint density at radius 1 is 0.966 bits per heavy atom. The molecule has 328 valence electrons. The van der Waals surface area contributed by atoms with Gasteiger partial charge in [-0.15, -0.1) is 0 Å². The Hall–Kier alpha value is -3.28. The number of aliphatic hydroxyl groups excluding tert-OH is 3. The fourth-order valence-corrected chi connectivity index (χ4v) is 8.04. The van der Waals surface area contributed by atoms with Crippen molar-refractivity contribution in [3.05, 3.63) is 48.0 Å². The SMILES string of the molecule is CCC(=O)O[C@@H]1CC(=O)O[C@H](C)C[C@H](O)[C@H](N(C)CCCc2ccccc2)/C=C/[C@H](OC(C)=O)[C@H](C)C[C@H](CC=O)[C@H](O[C@@H]2O[C@H](C)[C@@H](O)[C@H](N(C)C)[C@H]2O)[C@H]1OC. The number of rotatable bonds is 14. The van der Waals surface area contributed by atoms with Crippen molar-refractivity contribution in [2.24, 2.45) is 11.8 Å². The van der Waals surface area contributed by atoms with Gasteiger partial charge in [-0.1, -0.05) is 50.3 Å². The Morgan fingerprint density at radius 2 is 1.66 bits per heavy atom. The summed E-state index contributed by atoms with van der Waals surface area (Å²) in [5.74, 6) is -3.10. The summed E-state index contributed by atoms with van der Waals surface area (Å²) in [4.78, 5) is 55.2. The van der Waals surface area contributed by atoms with Crippen LogP contribution in [0.2, 0.25) is 0 Å². The summed E-state index contributed by atoms with van der Waals surface area (Å²) in [5, 5.41) is 34.1. The molecule has 0 aliphatic carbocycles. The number of aldehydes is 1. The molecule has 3 rings (SSSR count). The number of carbonyl (C=O) groups excluding carboxylic acids is 4. The fourth-order valence-electron chi connectivity index (χ4n) is 8.04. The van der Waals surface area contributed by atoms with Crippen molar-refractivity contribution in [3.8, 4) is 0 Å². The molecule has 0 saturated carbocycles. The molecule has 14 atom stereocenters. The van der Waals surface area contributed by atoms with Crippen molar-refractivity contribution < 1.29 is 62.9 Å². The van der Waals surface area contributed by atoms with E-state index in [2.05, 4.69) is 12.1 Å². The first kappa shape index (κ1) is 49.1. The highest BCUT2D eigenvalue weighted by molar-refractivity contribution is 5.72. The van der Waals surface area contributed by atoms with E-state index in [-0.39, 0.29) is 25.7 Å². The number of methoxy groups -OCH3 is 1. The Balaban J connectivity index is 2.12. The van der Waals surface area contributed by atoms with Crippen LogP contribution in [0.3, 0.4) is 0 Å². The number of hydrogen-bond acceptors (Lipinski definition) is 15. The minimum absolute atomic E-state index is 0.0219. The number of likely N-dealkylation sites (N-methyl/N-ethyl adjacent to an activating group) is 2. The average Bonchev–Trinajstić information content (AvgIpc) is 3.15. The summed E-state index contributed by atoms with van der Waals surface area (Å²) >= 11 is 0. The summed E-state index contributed by atoms with van der Waals surface area (Å²) < 4.78 is 36.1. The van der Waals surface area contributed by atoms with E-state index in [0.717, 1.165) is 12.8 Å². The Kier molecular flexibility index (Phi) is 20.4. The van der Waals surface area contributed by atoms with Gasteiger partial charge in [0.15, 0.2) is 6.29 Å². The number of hydrogen-bond donors (Lipinski definition) is 3. The number of aryl methyl sites for hydroxylation is 1. The third-order valence-corrected chi connectivity index (χ3v) is 11.1. The highest BCUT2D eigenvalue weighted by Gasteiger charge is 2.49. The van der Waals surface area contributed by atoms with Crippen LogP contribution in [0.4, 0.5) is 0 Å². The van der Waals surface area contributed by atoms with Gasteiger partial charge in [-0.25, -0.2) is 0 Å². The summed E-state index contributed by atoms with van der Waals surface area (Å²) in [6, 6.07) is 8.71. The number of ether oxygens (including phenoxy) is 6. The van der Waals surface area contributed by atoms with Gasteiger partial charge in [-0.05, 0) is 84.3 Å². The third kappa shape index (κ3) is 14.5. The van der Waals surface area contributed by atoms with Crippen LogP contribution >= 0.6 is 0 Å². The average molecular weight is 821 g/mol. The minimum Gasteiger partial charge on any atom is -0.462 e. The highest BCUT2D eigenvalue weighted by atomic mass is 16.7. The van der Waals surface area contributed by atoms with Gasteiger partial charge in [0.25, 0.3) is 0 Å². The molecule has 0 bridgehead atoms. The molecule has 1 fully saturated rings. The molecular formula is C43H68N2O13. The smallest absolute Gasteiger partial charge is 0.309 e. The predicted octanol–water partition coefficient (Wildman–Crippen LogP) is 2.84. The molecule has 2 heterocycles. The van der Waals surface area contributed by atoms with Crippen LogP contribution in [0.25, 0.3) is 0 Å². The molecule has 0 radical (unpaired) electrons. The zero-order chi connectivity index (χ0) is 43.1. The maximum absolute atomic E-state index is 13.7. The summed E-state index contributed by atoms with van der Waals surface area (Å²) in [6.07, 6.45) is -5.29. The van der Waals surface area contributed by atoms with E-state index in [9.17, 15) is 34.5 Å². The first-order valence-corrected chi connectivity index (χ1v) is 20.5. The van der Waals surface area contributed by atoms with Gasteiger partial charge >= 0.3 is 17.9 Å². The summed E-state index contributed by atoms with van der Waals surface area (Å²) in [6.45, 7) is 8.68. The topological polar surface area (TPSA) is 191 Å². The van der Waals surface area contributed by atoms with Crippen LogP contribution < -0.4 is 0 Å². The minimum atomic E-state index is -1.37. The van der Waals surface area contributed by atoms with Crippen LogP contribution in [-0.4, -0.2) is 157 Å². The Bertz CT molecular complexity index is 1450. The zero-order valence-electron chi connectivity index (χ0n) is 35.7. The quantitative estimate of drug-likeness (QED) is 0.107. The van der Waals surface area contributed by atoms with Crippen LogP contribution in [0.15, 0.2) is 42.5 Å². The molecular weight excluding hydrogens is 752 g/mol. The molecule has 15 nitrogen and oxygen atoms in total. The molecule has 0 aromatic heterocycles. The molecule has 2 aliphatic heterocycles. The van der Waals surface area contributed by atoms with E-state index < -0.39 is 109 Å². The molecule has 1 aromatic rings. The maximum Gasteiger partial charge on any atom is 0.309 e. The van der Waals surface area contributed by atoms with E-state index in [0.29, 0.717) is 12.8 Å². The summed E-state index contributed by atoms with van der Waals surface area (Å²) in [5.41, 5.74) is 1.19. The van der Waals surface area contributed by atoms with Crippen molar-refractivity contribution in [2.45, 2.75) is 153 Å². The second-order valence-corrected chi connectivity index (χ2v) is 16.0. The predicted molar refractivity (Wildman–Crippen MR) is 214 cm³/mol. The van der Waals surface area contributed by atoms with Crippen LogP contribution in [0, 0.1) is 11.8 Å². The molecule has 15 heteroatoms. The van der Waals surface area contributed by atoms with Gasteiger partial charge in [0.2, 0.25) is 0 Å². The third-order valence-electron chi connectivity index (χ3n) is 11.1. The summed E-state index contributed by atoms with van der Waals surface area (Å²) in [7, 11) is 6.65. The lowest BCUT2D eigenvalue weighted by Crippen LogP contribution is -2.63. The van der Waals surface area contributed by atoms with Gasteiger partial charge in [0, 0.05) is 33.3 Å². The van der Waals surface area contributed by atoms with Crippen LogP contribution in [-0.2, 0) is 54.0 Å². The Labute approximate surface area is 343 Å². The molecule has 0 spiro atoms. The van der Waals surface area contributed by atoms with Crippen molar-refractivity contribution in [1.29, 1.82) is 0 Å². The van der Waals surface area contributed by atoms with Crippen LogP contribution in [0.5, 0.6) is 0 Å². The van der Waals surface area contributed by atoms with Crippen LogP contribution in [0.1, 0.15) is 78.7 Å². The van der Waals surface area contributed by atoms with E-state index in [1.165, 1.54) is 19.6 Å². The normalized spacial score (nSPS) is 34.9. The van der Waals surface area contributed by atoms with E-state index >= 15 is 0 Å². The van der Waals surface area contributed by atoms with Gasteiger partial charge < -0.3 is 53.4 Å². The number of benzene rings is 1. The molecule has 2 aliphatic rings. The van der Waals surface area contributed by atoms with E-state index in [1.54, 1.807) is 51.9 Å². The number of carbonyl (C=O) groups is 4. The maximum atomic E-state index is 13.7. The molecule has 0 unspecified atom stereocenters. The molecule has 0 amide bonds. The van der Waals surface area contributed by atoms with Gasteiger partial charge in [-0.3, -0.25) is 19.3 Å². The molecule has 58 heavy (non-hydrogen) atoms. The largest absolute Gasteiger partial charge is 0.462 e. The number of cyclic esters (lactones) is 1. The van der Waals surface area contributed by atoms with Crippen molar-refractivity contribution in [3.63, 3.8) is 0 Å². The van der Waals surface area contributed by atoms with Gasteiger partial charge in [0.05, 0.1) is 42.9 Å². The number of aliphatic hydroxyl groups is 3. The van der Waals surface area contributed by atoms with Crippen molar-refractivity contribution in [2.75, 3.05) is 34.8 Å². The van der Waals surface area contributed by atoms with E-state index in [1.807, 2.05) is 37.1 Å². The second kappa shape index (κ2) is 24.1. The van der Waals surface area contributed by atoms with Crippen molar-refractivity contribution >= 4 is 24.2 Å². The fraction of sp³-hybridized carbons (Fsp3) is 0.721. The molecule has 1 saturated heterocycles. The number of nitrogens with zero attached hydrogens (tertiary/aromatic N) is 2. The van der Waals surface area contributed by atoms with Gasteiger partial charge in [-0.2, -0.15) is 0 Å². The van der Waals surface area contributed by atoms with Crippen molar-refractivity contribution in [1.82, 2.24) is 9.80 Å².